The van der Waals surface area contributed by atoms with Gasteiger partial charge in [0.15, 0.2) is 0 Å². The average molecular weight is 636 g/mol. The van der Waals surface area contributed by atoms with E-state index in [-0.39, 0.29) is 30.7 Å². The van der Waals surface area contributed by atoms with Crippen molar-refractivity contribution < 1.29 is 14.2 Å². The van der Waals surface area contributed by atoms with E-state index >= 15 is 0 Å². The molecule has 0 saturated carbocycles. The molecular formula is C42H34ClNO3. The molecule has 9 rings (SSSR count). The molecule has 8 aromatic carbocycles. The van der Waals surface area contributed by atoms with Gasteiger partial charge in [-0.1, -0.05) is 72.8 Å². The molecule has 0 aliphatic carbocycles. The van der Waals surface area contributed by atoms with Gasteiger partial charge in [-0.05, 0) is 121 Å². The highest BCUT2D eigenvalue weighted by Gasteiger charge is 2.37. The van der Waals surface area contributed by atoms with Crippen molar-refractivity contribution >= 4 is 77.0 Å². The molecule has 0 aromatic heterocycles. The minimum absolute atomic E-state index is 0. The Morgan fingerprint density at radius 2 is 0.915 bits per heavy atom. The number of benzene rings is 8. The topological polar surface area (TPSA) is 53.7 Å². The Morgan fingerprint density at radius 3 is 1.38 bits per heavy atom. The Morgan fingerprint density at radius 1 is 0.511 bits per heavy atom. The third-order valence-corrected chi connectivity index (χ3v) is 9.56. The van der Waals surface area contributed by atoms with Crippen LogP contribution in [0.1, 0.15) is 13.3 Å². The molecule has 1 fully saturated rings. The Kier molecular flexibility index (Phi) is 7.37. The minimum atomic E-state index is -0.479. The van der Waals surface area contributed by atoms with Crippen LogP contribution >= 0.6 is 12.4 Å². The quantitative estimate of drug-likeness (QED) is 0.196. The molecular weight excluding hydrogens is 602 g/mol. The fourth-order valence-corrected chi connectivity index (χ4v) is 7.21. The molecule has 232 valence electrons. The Labute approximate surface area is 279 Å². The second kappa shape index (κ2) is 11.7. The summed E-state index contributed by atoms with van der Waals surface area (Å²) in [4.78, 5) is 0. The molecule has 0 bridgehead atoms. The number of fused-ring (bicyclic) bond motifs is 6. The lowest BCUT2D eigenvalue weighted by molar-refractivity contribution is -0.180. The molecule has 1 saturated heterocycles. The Bertz CT molecular complexity index is 2450. The van der Waals surface area contributed by atoms with Gasteiger partial charge in [-0.15, -0.1) is 12.4 Å². The second-order valence-corrected chi connectivity index (χ2v) is 12.6. The normalized spacial score (nSPS) is 19.8. The zero-order valence-electron chi connectivity index (χ0n) is 25.9. The molecule has 0 spiro atoms. The van der Waals surface area contributed by atoms with Gasteiger partial charge in [0, 0.05) is 17.2 Å². The summed E-state index contributed by atoms with van der Waals surface area (Å²) in [6, 6.07) is 47.0. The van der Waals surface area contributed by atoms with E-state index in [1.165, 1.54) is 43.1 Å². The fourth-order valence-electron chi connectivity index (χ4n) is 7.21. The molecule has 0 radical (unpaired) electrons. The molecule has 1 aliphatic rings. The fraction of sp³-hybridized carbons (Fsp3) is 0.143. The van der Waals surface area contributed by atoms with Crippen molar-refractivity contribution in [1.82, 2.24) is 0 Å². The van der Waals surface area contributed by atoms with Gasteiger partial charge in [0.1, 0.15) is 17.6 Å². The summed E-state index contributed by atoms with van der Waals surface area (Å²) in [7, 11) is 0. The van der Waals surface area contributed by atoms with E-state index in [1.54, 1.807) is 0 Å². The summed E-state index contributed by atoms with van der Waals surface area (Å²) < 4.78 is 19.7. The number of hydrogen-bond acceptors (Lipinski definition) is 4. The lowest BCUT2D eigenvalue weighted by Gasteiger charge is -2.39. The molecule has 5 heteroatoms. The van der Waals surface area contributed by atoms with Crippen LogP contribution < -0.4 is 15.2 Å². The van der Waals surface area contributed by atoms with E-state index in [0.717, 1.165) is 33.0 Å². The van der Waals surface area contributed by atoms with Gasteiger partial charge < -0.3 is 19.9 Å². The van der Waals surface area contributed by atoms with Crippen molar-refractivity contribution in [3.05, 3.63) is 133 Å². The summed E-state index contributed by atoms with van der Waals surface area (Å²) in [5.74, 6) is 1.61. The van der Waals surface area contributed by atoms with E-state index < -0.39 is 6.29 Å². The standard InChI is InChI=1S/C42H33NO3.ClH/c1-25-42(46-40-15-7-13-31-21-33-17-27-9-3-5-11-29(27)19-35(33)23-37(31)40)38(43)24-41(44-25)45-39-14-6-12-30-20-32-16-26-8-2-4-10-28(26)18-34(32)22-36(30)39;/h2-23,25,38,41-42H,24,43H2,1H3;1H/t25-,38+,41-,42+;/m1./s1. The molecule has 8 aromatic rings. The first-order valence-corrected chi connectivity index (χ1v) is 16.0. The molecule has 0 unspecified atom stereocenters. The first-order valence-electron chi connectivity index (χ1n) is 16.0. The van der Waals surface area contributed by atoms with Gasteiger partial charge in [0.25, 0.3) is 0 Å². The molecule has 0 amide bonds. The smallest absolute Gasteiger partial charge is 0.201 e. The SMILES string of the molecule is C[C@H]1O[C@H](Oc2cccc3cc4cc5ccccc5cc4cc23)C[C@H](N)[C@H]1Oc1cccc2cc3cc4ccccc4cc3cc12.Cl. The third kappa shape index (κ3) is 5.29. The van der Waals surface area contributed by atoms with Gasteiger partial charge in [-0.3, -0.25) is 0 Å². The predicted molar refractivity (Wildman–Crippen MR) is 197 cm³/mol. The van der Waals surface area contributed by atoms with Crippen LogP contribution in [0.15, 0.2) is 133 Å². The maximum Gasteiger partial charge on any atom is 0.201 e. The number of ether oxygens (including phenoxy) is 3. The Balaban J connectivity index is 0.00000324. The molecule has 1 aliphatic heterocycles. The summed E-state index contributed by atoms with van der Waals surface area (Å²) in [5, 5.41) is 14.1. The number of rotatable bonds is 4. The highest BCUT2D eigenvalue weighted by Crippen LogP contribution is 2.36. The average Bonchev–Trinajstić information content (AvgIpc) is 3.06. The van der Waals surface area contributed by atoms with Gasteiger partial charge in [-0.25, -0.2) is 0 Å². The van der Waals surface area contributed by atoms with E-state index in [9.17, 15) is 0 Å². The minimum Gasteiger partial charge on any atom is -0.485 e. The van der Waals surface area contributed by atoms with Crippen LogP contribution in [0.3, 0.4) is 0 Å². The highest BCUT2D eigenvalue weighted by atomic mass is 35.5. The van der Waals surface area contributed by atoms with Crippen LogP contribution in [0.4, 0.5) is 0 Å². The summed E-state index contributed by atoms with van der Waals surface area (Å²) in [5.41, 5.74) is 6.81. The van der Waals surface area contributed by atoms with Crippen molar-refractivity contribution in [2.75, 3.05) is 0 Å². The highest BCUT2D eigenvalue weighted by molar-refractivity contribution is 6.07. The van der Waals surface area contributed by atoms with Crippen LogP contribution in [-0.4, -0.2) is 24.5 Å². The van der Waals surface area contributed by atoms with Crippen LogP contribution in [0.5, 0.6) is 11.5 Å². The zero-order valence-corrected chi connectivity index (χ0v) is 26.7. The molecule has 47 heavy (non-hydrogen) atoms. The monoisotopic (exact) mass is 635 g/mol. The van der Waals surface area contributed by atoms with Gasteiger partial charge >= 0.3 is 0 Å². The van der Waals surface area contributed by atoms with E-state index in [1.807, 2.05) is 31.2 Å². The van der Waals surface area contributed by atoms with Crippen molar-refractivity contribution in [2.24, 2.45) is 5.73 Å². The summed E-state index contributed by atoms with van der Waals surface area (Å²) in [6.45, 7) is 2.02. The van der Waals surface area contributed by atoms with Gasteiger partial charge in [-0.2, -0.15) is 0 Å². The molecule has 4 atom stereocenters. The molecule has 2 N–H and O–H groups in total. The van der Waals surface area contributed by atoms with Crippen molar-refractivity contribution in [2.45, 2.75) is 37.9 Å². The maximum atomic E-state index is 6.81. The van der Waals surface area contributed by atoms with E-state index in [4.69, 9.17) is 19.9 Å². The second-order valence-electron chi connectivity index (χ2n) is 12.6. The van der Waals surface area contributed by atoms with E-state index in [2.05, 4.69) is 109 Å². The van der Waals surface area contributed by atoms with E-state index in [0.29, 0.717) is 6.42 Å². The Hall–Kier alpha value is -4.87. The van der Waals surface area contributed by atoms with Gasteiger partial charge in [0.05, 0.1) is 12.1 Å². The predicted octanol–water partition coefficient (Wildman–Crippen LogP) is 10.3. The first-order chi connectivity index (χ1) is 22.6. The van der Waals surface area contributed by atoms with Gasteiger partial charge in [0.2, 0.25) is 6.29 Å². The maximum absolute atomic E-state index is 6.81. The lowest BCUT2D eigenvalue weighted by Crippen LogP contribution is -2.55. The number of halogens is 1. The zero-order chi connectivity index (χ0) is 30.8. The number of hydrogen-bond donors (Lipinski definition) is 1. The summed E-state index contributed by atoms with van der Waals surface area (Å²) >= 11 is 0. The van der Waals surface area contributed by atoms with Crippen LogP contribution in [0.25, 0.3) is 64.6 Å². The lowest BCUT2D eigenvalue weighted by atomic mass is 9.98. The van der Waals surface area contributed by atoms with Crippen LogP contribution in [0.2, 0.25) is 0 Å². The van der Waals surface area contributed by atoms with Crippen LogP contribution in [-0.2, 0) is 4.74 Å². The molecule has 1 heterocycles. The largest absolute Gasteiger partial charge is 0.485 e. The summed E-state index contributed by atoms with van der Waals surface area (Å²) in [6.07, 6.45) is -0.547. The van der Waals surface area contributed by atoms with Crippen LogP contribution in [0, 0.1) is 0 Å². The third-order valence-electron chi connectivity index (χ3n) is 9.56. The first kappa shape index (κ1) is 29.5. The molecule has 4 nitrogen and oxygen atoms in total. The van der Waals surface area contributed by atoms with Crippen molar-refractivity contribution in [3.8, 4) is 11.5 Å². The number of nitrogens with two attached hydrogens (primary N) is 1. The van der Waals surface area contributed by atoms with Crippen molar-refractivity contribution in [1.29, 1.82) is 0 Å². The van der Waals surface area contributed by atoms with Crippen molar-refractivity contribution in [3.63, 3.8) is 0 Å².